The Morgan fingerprint density at radius 3 is 2.82 bits per heavy atom. The first-order chi connectivity index (χ1) is 13.3. The molecule has 0 radical (unpaired) electrons. The first-order valence-corrected chi connectivity index (χ1v) is 10.2. The summed E-state index contributed by atoms with van der Waals surface area (Å²) in [6, 6.07) is 5.21. The molecule has 9 heteroatoms. The Bertz CT molecular complexity index is 990. The fourth-order valence-corrected chi connectivity index (χ4v) is 3.96. The molecule has 148 valence electrons. The number of amides is 2. The molecule has 0 saturated heterocycles. The van der Waals surface area contributed by atoms with Crippen molar-refractivity contribution in [2.75, 3.05) is 22.5 Å². The highest BCUT2D eigenvalue weighted by atomic mass is 35.5. The molecule has 28 heavy (non-hydrogen) atoms. The van der Waals surface area contributed by atoms with Crippen molar-refractivity contribution in [1.82, 2.24) is 9.78 Å². The topological polar surface area (TPSA) is 84.3 Å². The summed E-state index contributed by atoms with van der Waals surface area (Å²) in [6.07, 6.45) is 1.54. The van der Waals surface area contributed by atoms with E-state index in [-0.39, 0.29) is 24.1 Å². The highest BCUT2D eigenvalue weighted by Crippen LogP contribution is 2.32. The molecule has 1 N–H and O–H groups in total. The van der Waals surface area contributed by atoms with Crippen molar-refractivity contribution in [2.24, 2.45) is 5.92 Å². The molecule has 2 amide bonds. The minimum absolute atomic E-state index is 0.111. The zero-order valence-corrected chi connectivity index (χ0v) is 17.4. The van der Waals surface area contributed by atoms with Crippen LogP contribution in [0.2, 0.25) is 5.02 Å². The van der Waals surface area contributed by atoms with E-state index in [0.29, 0.717) is 27.8 Å². The average Bonchev–Trinajstić information content (AvgIpc) is 2.63. The predicted molar refractivity (Wildman–Crippen MR) is 111 cm³/mol. The number of carbonyl (C=O) groups excluding carboxylic acids is 2. The third kappa shape index (κ3) is 4.23. The highest BCUT2D eigenvalue weighted by molar-refractivity contribution is 8.00. The van der Waals surface area contributed by atoms with Crippen molar-refractivity contribution in [3.63, 3.8) is 0 Å². The second-order valence-corrected chi connectivity index (χ2v) is 8.39. The zero-order chi connectivity index (χ0) is 20.4. The van der Waals surface area contributed by atoms with Crippen molar-refractivity contribution < 1.29 is 9.59 Å². The van der Waals surface area contributed by atoms with Crippen LogP contribution >= 0.6 is 23.4 Å². The quantitative estimate of drug-likeness (QED) is 0.803. The number of aromatic nitrogens is 2. The summed E-state index contributed by atoms with van der Waals surface area (Å²) in [5, 5.41) is 7.40. The van der Waals surface area contributed by atoms with Crippen LogP contribution in [0.15, 0.2) is 34.1 Å². The number of nitrogens with one attached hydrogen (secondary N) is 1. The molecular formula is C19H21ClN4O3S. The zero-order valence-electron chi connectivity index (χ0n) is 15.9. The van der Waals surface area contributed by atoms with Gasteiger partial charge in [-0.3, -0.25) is 14.4 Å². The lowest BCUT2D eigenvalue weighted by Gasteiger charge is -2.29. The largest absolute Gasteiger partial charge is 0.324 e. The molecule has 0 bridgehead atoms. The Morgan fingerprint density at radius 1 is 1.36 bits per heavy atom. The van der Waals surface area contributed by atoms with Crippen molar-refractivity contribution in [3.8, 4) is 0 Å². The molecule has 0 atom stereocenters. The van der Waals surface area contributed by atoms with Gasteiger partial charge >= 0.3 is 0 Å². The number of carbonyl (C=O) groups is 2. The van der Waals surface area contributed by atoms with E-state index in [4.69, 9.17) is 11.6 Å². The van der Waals surface area contributed by atoms with E-state index in [0.717, 1.165) is 10.2 Å². The first-order valence-electron chi connectivity index (χ1n) is 8.86. The molecule has 7 nitrogen and oxygen atoms in total. The monoisotopic (exact) mass is 420 g/mol. The van der Waals surface area contributed by atoms with E-state index >= 15 is 0 Å². The van der Waals surface area contributed by atoms with Crippen LogP contribution in [0.25, 0.3) is 0 Å². The maximum absolute atomic E-state index is 13.0. The normalized spacial score (nSPS) is 13.6. The van der Waals surface area contributed by atoms with Crippen LogP contribution in [-0.2, 0) is 16.1 Å². The Morgan fingerprint density at radius 2 is 2.11 bits per heavy atom. The summed E-state index contributed by atoms with van der Waals surface area (Å²) < 4.78 is 1.08. The van der Waals surface area contributed by atoms with Gasteiger partial charge in [0.25, 0.3) is 5.56 Å². The second kappa shape index (κ2) is 8.36. The Hall–Kier alpha value is -2.32. The van der Waals surface area contributed by atoms with Gasteiger partial charge in [0.2, 0.25) is 11.8 Å². The Labute approximate surface area is 172 Å². The fourth-order valence-electron chi connectivity index (χ4n) is 2.90. The van der Waals surface area contributed by atoms with Gasteiger partial charge in [0, 0.05) is 17.3 Å². The van der Waals surface area contributed by atoms with Gasteiger partial charge in [0.1, 0.15) is 12.2 Å². The molecule has 2 heterocycles. The third-order valence-corrected chi connectivity index (χ3v) is 5.70. The van der Waals surface area contributed by atoms with E-state index in [9.17, 15) is 14.4 Å². The number of halogens is 1. The molecule has 1 aromatic heterocycles. The maximum atomic E-state index is 13.0. The number of anilines is 2. The fraction of sp³-hybridized carbons (Fsp3) is 0.368. The summed E-state index contributed by atoms with van der Waals surface area (Å²) in [4.78, 5) is 39.9. The molecule has 0 aliphatic carbocycles. The Balaban J connectivity index is 1.87. The van der Waals surface area contributed by atoms with Crippen LogP contribution < -0.4 is 15.8 Å². The molecule has 3 rings (SSSR count). The number of nitrogens with zero attached hydrogens (tertiary/aromatic N) is 3. The molecule has 0 unspecified atom stereocenters. The number of hydrogen-bond acceptors (Lipinski definition) is 5. The molecular weight excluding hydrogens is 400 g/mol. The van der Waals surface area contributed by atoms with Gasteiger partial charge < -0.3 is 10.2 Å². The van der Waals surface area contributed by atoms with E-state index in [1.807, 2.05) is 13.8 Å². The summed E-state index contributed by atoms with van der Waals surface area (Å²) >= 11 is 7.37. The van der Waals surface area contributed by atoms with Crippen LogP contribution in [0.5, 0.6) is 0 Å². The standard InChI is InChI=1S/C19H21ClN4O3S/c1-11(2)8-23-17(26)10-28-15-7-21-24(19(27)18(15)23)9-16(25)22-14-6-4-5-13(20)12(14)3/h4-7,11H,8-10H2,1-3H3,(H,22,25). The lowest BCUT2D eigenvalue weighted by atomic mass is 10.2. The number of rotatable bonds is 5. The molecule has 2 aromatic rings. The Kier molecular flexibility index (Phi) is 6.10. The van der Waals surface area contributed by atoms with Crippen molar-refractivity contribution in [2.45, 2.75) is 32.2 Å². The van der Waals surface area contributed by atoms with E-state index in [2.05, 4.69) is 10.4 Å². The van der Waals surface area contributed by atoms with Gasteiger partial charge in [0.05, 0.1) is 16.8 Å². The van der Waals surface area contributed by atoms with E-state index in [1.165, 1.54) is 16.7 Å². The van der Waals surface area contributed by atoms with Crippen LogP contribution in [0.4, 0.5) is 11.4 Å². The average molecular weight is 421 g/mol. The van der Waals surface area contributed by atoms with Crippen LogP contribution in [0, 0.1) is 12.8 Å². The van der Waals surface area contributed by atoms with Crippen LogP contribution in [0.3, 0.4) is 0 Å². The van der Waals surface area contributed by atoms with Gasteiger partial charge in [-0.15, -0.1) is 11.8 Å². The van der Waals surface area contributed by atoms with Gasteiger partial charge in [-0.2, -0.15) is 5.10 Å². The van der Waals surface area contributed by atoms with Gasteiger partial charge in [-0.05, 0) is 30.5 Å². The number of thioether (sulfide) groups is 1. The molecule has 1 aliphatic rings. The lowest BCUT2D eigenvalue weighted by Crippen LogP contribution is -2.44. The van der Waals surface area contributed by atoms with Crippen LogP contribution in [-0.4, -0.2) is 33.9 Å². The van der Waals surface area contributed by atoms with Crippen LogP contribution in [0.1, 0.15) is 19.4 Å². The second-order valence-electron chi connectivity index (χ2n) is 6.97. The summed E-state index contributed by atoms with van der Waals surface area (Å²) in [6.45, 7) is 5.95. The predicted octanol–water partition coefficient (Wildman–Crippen LogP) is 2.94. The number of fused-ring (bicyclic) bond motifs is 1. The van der Waals surface area contributed by atoms with Gasteiger partial charge in [0.15, 0.2) is 0 Å². The number of benzene rings is 1. The summed E-state index contributed by atoms with van der Waals surface area (Å²) in [5.41, 5.74) is 1.18. The maximum Gasteiger partial charge on any atom is 0.292 e. The molecule has 0 saturated carbocycles. The first kappa shape index (κ1) is 20.4. The van der Waals surface area contributed by atoms with Crippen molar-refractivity contribution in [1.29, 1.82) is 0 Å². The molecule has 1 aliphatic heterocycles. The SMILES string of the molecule is Cc1c(Cl)cccc1NC(=O)Cn1ncc2c(c1=O)N(CC(C)C)C(=O)CS2. The summed E-state index contributed by atoms with van der Waals surface area (Å²) in [7, 11) is 0. The van der Waals surface area contributed by atoms with E-state index < -0.39 is 11.5 Å². The smallest absolute Gasteiger partial charge is 0.292 e. The van der Waals surface area contributed by atoms with Gasteiger partial charge in [-0.1, -0.05) is 31.5 Å². The molecule has 1 aromatic carbocycles. The third-order valence-electron chi connectivity index (χ3n) is 4.29. The van der Waals surface area contributed by atoms with Crippen molar-refractivity contribution >= 4 is 46.6 Å². The molecule has 0 fully saturated rings. The lowest BCUT2D eigenvalue weighted by molar-refractivity contribution is -0.117. The minimum atomic E-state index is -0.448. The summed E-state index contributed by atoms with van der Waals surface area (Å²) in [5.74, 6) is -0.0282. The number of hydrogen-bond donors (Lipinski definition) is 1. The van der Waals surface area contributed by atoms with E-state index in [1.54, 1.807) is 31.3 Å². The molecule has 0 spiro atoms. The van der Waals surface area contributed by atoms with Gasteiger partial charge in [-0.25, -0.2) is 4.68 Å². The minimum Gasteiger partial charge on any atom is -0.324 e. The highest BCUT2D eigenvalue weighted by Gasteiger charge is 2.29. The van der Waals surface area contributed by atoms with Crippen molar-refractivity contribution in [3.05, 3.63) is 45.3 Å².